The van der Waals surface area contributed by atoms with Crippen LogP contribution in [-0.4, -0.2) is 21.6 Å². The maximum Gasteiger partial charge on any atom is 0.417 e. The number of benzene rings is 1. The van der Waals surface area contributed by atoms with Crippen molar-refractivity contribution in [2.75, 3.05) is 12.4 Å². The molecule has 0 spiro atoms. The molecule has 0 aliphatic heterocycles. The number of nitrogens with zero attached hydrogens (tertiary/aromatic N) is 3. The number of nitrogens with one attached hydrogen (secondary N) is 1. The van der Waals surface area contributed by atoms with Crippen molar-refractivity contribution in [2.24, 2.45) is 7.05 Å². The molecule has 3 rings (SSSR count). The monoisotopic (exact) mass is 396 g/mol. The SMILES string of the molecule is COc1ccccc1C(Nc1ncc(C(F)(F)F)cc1Cl)c1nccn1C. The lowest BCUT2D eigenvalue weighted by molar-refractivity contribution is -0.137. The average Bonchev–Trinajstić information content (AvgIpc) is 3.05. The minimum absolute atomic E-state index is 0.114. The number of aryl methyl sites for hydroxylation is 1. The van der Waals surface area contributed by atoms with E-state index in [2.05, 4.69) is 15.3 Å². The Morgan fingerprint density at radius 1 is 1.22 bits per heavy atom. The number of methoxy groups -OCH3 is 1. The number of aromatic nitrogens is 3. The predicted molar refractivity (Wildman–Crippen MR) is 95.9 cm³/mol. The van der Waals surface area contributed by atoms with Gasteiger partial charge in [0.05, 0.1) is 17.7 Å². The number of halogens is 4. The Morgan fingerprint density at radius 3 is 2.56 bits per heavy atom. The number of pyridine rings is 1. The minimum Gasteiger partial charge on any atom is -0.496 e. The van der Waals surface area contributed by atoms with E-state index in [4.69, 9.17) is 16.3 Å². The number of alkyl halides is 3. The summed E-state index contributed by atoms with van der Waals surface area (Å²) in [6, 6.07) is 7.58. The molecule has 1 N–H and O–H groups in total. The summed E-state index contributed by atoms with van der Waals surface area (Å²) >= 11 is 6.06. The summed E-state index contributed by atoms with van der Waals surface area (Å²) < 4.78 is 45.8. The Labute approximate surface area is 158 Å². The Balaban J connectivity index is 2.04. The second-order valence-electron chi connectivity index (χ2n) is 5.77. The van der Waals surface area contributed by atoms with E-state index >= 15 is 0 Å². The third-order valence-corrected chi connectivity index (χ3v) is 4.30. The van der Waals surface area contributed by atoms with Gasteiger partial charge in [0.2, 0.25) is 0 Å². The first-order chi connectivity index (χ1) is 12.8. The number of anilines is 1. The smallest absolute Gasteiger partial charge is 0.417 e. The van der Waals surface area contributed by atoms with Gasteiger partial charge in [0, 0.05) is 31.2 Å². The van der Waals surface area contributed by atoms with Gasteiger partial charge in [0.25, 0.3) is 0 Å². The van der Waals surface area contributed by atoms with E-state index in [0.717, 1.165) is 17.8 Å². The second kappa shape index (κ2) is 7.48. The molecule has 0 saturated heterocycles. The molecule has 0 radical (unpaired) electrons. The predicted octanol–water partition coefficient (Wildman–Crippen LogP) is 4.70. The summed E-state index contributed by atoms with van der Waals surface area (Å²) in [7, 11) is 3.35. The summed E-state index contributed by atoms with van der Waals surface area (Å²) in [4.78, 5) is 8.21. The molecule has 9 heteroatoms. The number of hydrogen-bond acceptors (Lipinski definition) is 4. The van der Waals surface area contributed by atoms with Crippen molar-refractivity contribution in [3.05, 3.63) is 70.9 Å². The Bertz CT molecular complexity index is 942. The lowest BCUT2D eigenvalue weighted by atomic mass is 10.0. The van der Waals surface area contributed by atoms with Crippen molar-refractivity contribution < 1.29 is 17.9 Å². The third-order valence-electron chi connectivity index (χ3n) is 4.02. The summed E-state index contributed by atoms with van der Waals surface area (Å²) in [5, 5.41) is 2.95. The van der Waals surface area contributed by atoms with Gasteiger partial charge in [-0.2, -0.15) is 13.2 Å². The molecule has 1 aromatic carbocycles. The minimum atomic E-state index is -4.52. The van der Waals surface area contributed by atoms with Crippen LogP contribution in [0.25, 0.3) is 0 Å². The standard InChI is InChI=1S/C18H16ClF3N4O/c1-26-8-7-23-17(26)15(12-5-3-4-6-14(12)27-2)25-16-13(19)9-11(10-24-16)18(20,21)22/h3-10,15H,1-2H3,(H,24,25). The van der Waals surface area contributed by atoms with Crippen molar-refractivity contribution in [2.45, 2.75) is 12.2 Å². The highest BCUT2D eigenvalue weighted by molar-refractivity contribution is 6.33. The van der Waals surface area contributed by atoms with Crippen molar-refractivity contribution >= 4 is 17.4 Å². The van der Waals surface area contributed by atoms with Crippen LogP contribution in [-0.2, 0) is 13.2 Å². The molecule has 5 nitrogen and oxygen atoms in total. The Kier molecular flexibility index (Phi) is 5.27. The molecule has 0 amide bonds. The average molecular weight is 397 g/mol. The maximum absolute atomic E-state index is 12.9. The van der Waals surface area contributed by atoms with E-state index in [1.54, 1.807) is 23.0 Å². The van der Waals surface area contributed by atoms with Crippen LogP contribution < -0.4 is 10.1 Å². The fraction of sp³-hybridized carbons (Fsp3) is 0.222. The first kappa shape index (κ1) is 19.0. The molecule has 0 saturated carbocycles. The summed E-state index contributed by atoms with van der Waals surface area (Å²) in [6.07, 6.45) is -0.384. The third kappa shape index (κ3) is 4.00. The van der Waals surface area contributed by atoms with Crippen molar-refractivity contribution in [3.63, 3.8) is 0 Å². The highest BCUT2D eigenvalue weighted by Gasteiger charge is 2.32. The maximum atomic E-state index is 12.9. The quantitative estimate of drug-likeness (QED) is 0.679. The number of rotatable bonds is 5. The lowest BCUT2D eigenvalue weighted by Crippen LogP contribution is -2.19. The molecular weight excluding hydrogens is 381 g/mol. The Hall–Kier alpha value is -2.74. The molecule has 142 valence electrons. The van der Waals surface area contributed by atoms with Gasteiger partial charge in [-0.1, -0.05) is 29.8 Å². The van der Waals surface area contributed by atoms with E-state index in [0.29, 0.717) is 11.6 Å². The van der Waals surface area contributed by atoms with Crippen LogP contribution in [0.3, 0.4) is 0 Å². The molecule has 2 heterocycles. The fourth-order valence-corrected chi connectivity index (χ4v) is 2.90. The summed E-state index contributed by atoms with van der Waals surface area (Å²) in [5.41, 5.74) is -0.170. The van der Waals surface area contributed by atoms with Gasteiger partial charge in [-0.25, -0.2) is 9.97 Å². The molecule has 0 fully saturated rings. The van der Waals surface area contributed by atoms with Crippen LogP contribution >= 0.6 is 11.6 Å². The topological polar surface area (TPSA) is 52.0 Å². The largest absolute Gasteiger partial charge is 0.496 e. The van der Waals surface area contributed by atoms with Crippen LogP contribution in [0.5, 0.6) is 5.75 Å². The molecule has 0 aliphatic carbocycles. The molecule has 1 unspecified atom stereocenters. The normalized spacial score (nSPS) is 12.7. The molecule has 0 aliphatic rings. The van der Waals surface area contributed by atoms with Gasteiger partial charge in [-0.15, -0.1) is 0 Å². The van der Waals surface area contributed by atoms with Gasteiger partial charge in [0.1, 0.15) is 23.4 Å². The second-order valence-corrected chi connectivity index (χ2v) is 6.18. The number of ether oxygens (including phenoxy) is 1. The van der Waals surface area contributed by atoms with Gasteiger partial charge in [0.15, 0.2) is 0 Å². The molecule has 1 atom stereocenters. The van der Waals surface area contributed by atoms with Crippen LogP contribution in [0.4, 0.5) is 19.0 Å². The van der Waals surface area contributed by atoms with Gasteiger partial charge in [-0.3, -0.25) is 0 Å². The molecule has 2 aromatic heterocycles. The zero-order valence-corrected chi connectivity index (χ0v) is 15.2. The Morgan fingerprint density at radius 2 is 1.96 bits per heavy atom. The van der Waals surface area contributed by atoms with Gasteiger partial charge < -0.3 is 14.6 Å². The molecular formula is C18H16ClF3N4O. The van der Waals surface area contributed by atoms with E-state index in [1.165, 1.54) is 7.11 Å². The summed E-state index contributed by atoms with van der Waals surface area (Å²) in [6.45, 7) is 0. The zero-order valence-electron chi connectivity index (χ0n) is 14.5. The fourth-order valence-electron chi connectivity index (χ4n) is 2.68. The zero-order chi connectivity index (χ0) is 19.6. The van der Waals surface area contributed by atoms with Crippen molar-refractivity contribution in [3.8, 4) is 5.75 Å². The molecule has 27 heavy (non-hydrogen) atoms. The van der Waals surface area contributed by atoms with Crippen LogP contribution in [0.15, 0.2) is 48.9 Å². The van der Waals surface area contributed by atoms with E-state index in [9.17, 15) is 13.2 Å². The first-order valence-electron chi connectivity index (χ1n) is 7.90. The van der Waals surface area contributed by atoms with Crippen LogP contribution in [0.2, 0.25) is 5.02 Å². The van der Waals surface area contributed by atoms with E-state index < -0.39 is 17.8 Å². The lowest BCUT2D eigenvalue weighted by Gasteiger charge is -2.22. The van der Waals surface area contributed by atoms with Crippen LogP contribution in [0, 0.1) is 0 Å². The van der Waals surface area contributed by atoms with E-state index in [-0.39, 0.29) is 10.8 Å². The van der Waals surface area contributed by atoms with Gasteiger partial charge >= 0.3 is 6.18 Å². The highest BCUT2D eigenvalue weighted by Crippen LogP contribution is 2.36. The molecule has 0 bridgehead atoms. The number of para-hydroxylation sites is 1. The van der Waals surface area contributed by atoms with Crippen molar-refractivity contribution in [1.82, 2.24) is 14.5 Å². The van der Waals surface area contributed by atoms with Crippen LogP contribution in [0.1, 0.15) is 23.0 Å². The summed E-state index contributed by atoms with van der Waals surface area (Å²) in [5.74, 6) is 1.34. The van der Waals surface area contributed by atoms with Gasteiger partial charge in [-0.05, 0) is 12.1 Å². The number of hydrogen-bond donors (Lipinski definition) is 1. The number of imidazole rings is 1. The van der Waals surface area contributed by atoms with E-state index in [1.807, 2.05) is 25.2 Å². The van der Waals surface area contributed by atoms with Crippen molar-refractivity contribution in [1.29, 1.82) is 0 Å². The highest BCUT2D eigenvalue weighted by atomic mass is 35.5. The molecule has 3 aromatic rings. The first-order valence-corrected chi connectivity index (χ1v) is 8.28.